The SMILES string of the molecule is CCOc1ccccc1C=C1N=C(C)C(C(=O)OC)=C1O. The molecule has 2 rings (SSSR count). The number of ether oxygens (including phenoxy) is 2. The third kappa shape index (κ3) is 2.97. The second kappa shape index (κ2) is 6.26. The topological polar surface area (TPSA) is 68.1 Å². The molecule has 1 aliphatic rings. The zero-order valence-corrected chi connectivity index (χ0v) is 12.2. The number of aliphatic hydroxyl groups excluding tert-OH is 1. The lowest BCUT2D eigenvalue weighted by molar-refractivity contribution is -0.135. The zero-order chi connectivity index (χ0) is 15.4. The van der Waals surface area contributed by atoms with Crippen molar-refractivity contribution in [1.29, 1.82) is 0 Å². The summed E-state index contributed by atoms with van der Waals surface area (Å²) in [5.74, 6) is -0.0828. The van der Waals surface area contributed by atoms with Crippen LogP contribution in [0.2, 0.25) is 0 Å². The van der Waals surface area contributed by atoms with Gasteiger partial charge in [-0.25, -0.2) is 9.79 Å². The van der Waals surface area contributed by atoms with Crippen molar-refractivity contribution in [2.45, 2.75) is 13.8 Å². The Morgan fingerprint density at radius 1 is 1.38 bits per heavy atom. The molecule has 0 unspecified atom stereocenters. The smallest absolute Gasteiger partial charge is 0.343 e. The van der Waals surface area contributed by atoms with Crippen LogP contribution in [-0.4, -0.2) is 30.5 Å². The Morgan fingerprint density at radius 2 is 2.10 bits per heavy atom. The maximum absolute atomic E-state index is 11.6. The van der Waals surface area contributed by atoms with Crippen molar-refractivity contribution < 1.29 is 19.4 Å². The molecule has 1 aromatic carbocycles. The fraction of sp³-hybridized carbons (Fsp3) is 0.250. The Hall–Kier alpha value is -2.56. The van der Waals surface area contributed by atoms with Crippen LogP contribution >= 0.6 is 0 Å². The van der Waals surface area contributed by atoms with E-state index in [1.807, 2.05) is 31.2 Å². The van der Waals surface area contributed by atoms with Gasteiger partial charge in [0.15, 0.2) is 5.76 Å². The number of methoxy groups -OCH3 is 1. The first kappa shape index (κ1) is 14.8. The van der Waals surface area contributed by atoms with Gasteiger partial charge >= 0.3 is 5.97 Å². The van der Waals surface area contributed by atoms with E-state index in [1.165, 1.54) is 7.11 Å². The number of carbonyl (C=O) groups is 1. The molecule has 0 saturated carbocycles. The quantitative estimate of drug-likeness (QED) is 0.865. The number of esters is 1. The van der Waals surface area contributed by atoms with E-state index in [-0.39, 0.29) is 11.3 Å². The largest absolute Gasteiger partial charge is 0.505 e. The number of rotatable bonds is 4. The van der Waals surface area contributed by atoms with E-state index >= 15 is 0 Å². The molecule has 0 bridgehead atoms. The van der Waals surface area contributed by atoms with Gasteiger partial charge in [0.05, 0.1) is 19.4 Å². The van der Waals surface area contributed by atoms with Crippen LogP contribution in [0.3, 0.4) is 0 Å². The standard InChI is InChI=1S/C16H17NO4/c1-4-21-13-8-6-5-7-11(13)9-12-15(18)14(10(2)17-12)16(19)20-3/h5-9,18H,4H2,1-3H3. The number of hydrogen-bond acceptors (Lipinski definition) is 5. The van der Waals surface area contributed by atoms with Crippen LogP contribution in [0.4, 0.5) is 0 Å². The second-order valence-electron chi connectivity index (χ2n) is 4.41. The average molecular weight is 287 g/mol. The first-order valence-corrected chi connectivity index (χ1v) is 6.59. The van der Waals surface area contributed by atoms with Crippen molar-refractivity contribution >= 4 is 17.8 Å². The monoisotopic (exact) mass is 287 g/mol. The molecular weight excluding hydrogens is 270 g/mol. The minimum absolute atomic E-state index is 0.0950. The highest BCUT2D eigenvalue weighted by atomic mass is 16.5. The molecule has 0 spiro atoms. The van der Waals surface area contributed by atoms with Crippen molar-refractivity contribution in [3.63, 3.8) is 0 Å². The van der Waals surface area contributed by atoms with Crippen LogP contribution < -0.4 is 4.74 Å². The molecule has 0 amide bonds. The number of para-hydroxylation sites is 1. The van der Waals surface area contributed by atoms with Gasteiger partial charge in [-0.15, -0.1) is 0 Å². The first-order chi connectivity index (χ1) is 10.1. The van der Waals surface area contributed by atoms with Crippen molar-refractivity contribution in [2.75, 3.05) is 13.7 Å². The van der Waals surface area contributed by atoms with E-state index in [0.29, 0.717) is 23.8 Å². The summed E-state index contributed by atoms with van der Waals surface area (Å²) in [6.07, 6.45) is 1.68. The Kier molecular flexibility index (Phi) is 4.42. The summed E-state index contributed by atoms with van der Waals surface area (Å²) < 4.78 is 10.2. The van der Waals surface area contributed by atoms with E-state index in [1.54, 1.807) is 13.0 Å². The molecule has 1 aliphatic heterocycles. The third-order valence-electron chi connectivity index (χ3n) is 3.03. The van der Waals surface area contributed by atoms with Crippen LogP contribution in [0.5, 0.6) is 5.75 Å². The van der Waals surface area contributed by atoms with Gasteiger partial charge in [-0.3, -0.25) is 0 Å². The number of hydrogen-bond donors (Lipinski definition) is 1. The molecule has 0 aromatic heterocycles. The van der Waals surface area contributed by atoms with Crippen LogP contribution in [0.1, 0.15) is 19.4 Å². The second-order valence-corrected chi connectivity index (χ2v) is 4.41. The summed E-state index contributed by atoms with van der Waals surface area (Å²) in [5.41, 5.74) is 1.63. The molecule has 110 valence electrons. The summed E-state index contributed by atoms with van der Waals surface area (Å²) in [6.45, 7) is 4.09. The fourth-order valence-electron chi connectivity index (χ4n) is 2.07. The van der Waals surface area contributed by atoms with E-state index in [2.05, 4.69) is 9.73 Å². The zero-order valence-electron chi connectivity index (χ0n) is 12.2. The van der Waals surface area contributed by atoms with Crippen molar-refractivity contribution in [3.8, 4) is 5.75 Å². The molecule has 1 heterocycles. The van der Waals surface area contributed by atoms with Crippen LogP contribution in [-0.2, 0) is 9.53 Å². The van der Waals surface area contributed by atoms with E-state index in [4.69, 9.17) is 4.74 Å². The molecule has 0 atom stereocenters. The Morgan fingerprint density at radius 3 is 2.76 bits per heavy atom. The van der Waals surface area contributed by atoms with Gasteiger partial charge in [-0.1, -0.05) is 18.2 Å². The third-order valence-corrected chi connectivity index (χ3v) is 3.03. The molecular formula is C16H17NO4. The van der Waals surface area contributed by atoms with Gasteiger partial charge in [0.25, 0.3) is 0 Å². The summed E-state index contributed by atoms with van der Waals surface area (Å²) in [6, 6.07) is 7.42. The minimum atomic E-state index is -0.602. The maximum atomic E-state index is 11.6. The summed E-state index contributed by atoms with van der Waals surface area (Å²) >= 11 is 0. The molecule has 5 heteroatoms. The average Bonchev–Trinajstić information content (AvgIpc) is 2.75. The van der Waals surface area contributed by atoms with Gasteiger partial charge in [0.1, 0.15) is 17.0 Å². The Balaban J connectivity index is 2.44. The molecule has 0 fully saturated rings. The Labute approximate surface area is 123 Å². The fourth-order valence-corrected chi connectivity index (χ4v) is 2.07. The van der Waals surface area contributed by atoms with Gasteiger partial charge in [0, 0.05) is 5.56 Å². The van der Waals surface area contributed by atoms with E-state index in [9.17, 15) is 9.90 Å². The van der Waals surface area contributed by atoms with Crippen molar-refractivity contribution in [2.24, 2.45) is 4.99 Å². The van der Waals surface area contributed by atoms with Crippen LogP contribution in [0.15, 0.2) is 46.3 Å². The number of aliphatic imine (C=N–C) groups is 1. The highest BCUT2D eigenvalue weighted by Crippen LogP contribution is 2.29. The van der Waals surface area contributed by atoms with E-state index < -0.39 is 5.97 Å². The van der Waals surface area contributed by atoms with Gasteiger partial charge in [0.2, 0.25) is 0 Å². The predicted molar refractivity (Wildman–Crippen MR) is 80.4 cm³/mol. The number of benzene rings is 1. The predicted octanol–water partition coefficient (Wildman–Crippen LogP) is 2.89. The van der Waals surface area contributed by atoms with Crippen molar-refractivity contribution in [1.82, 2.24) is 0 Å². The molecule has 0 aliphatic carbocycles. The minimum Gasteiger partial charge on any atom is -0.505 e. The molecule has 0 saturated heterocycles. The Bertz CT molecular complexity index is 656. The van der Waals surface area contributed by atoms with E-state index in [0.717, 1.165) is 5.56 Å². The summed E-state index contributed by atoms with van der Waals surface area (Å²) in [5, 5.41) is 10.2. The lowest BCUT2D eigenvalue weighted by Crippen LogP contribution is -2.11. The van der Waals surface area contributed by atoms with Crippen LogP contribution in [0, 0.1) is 0 Å². The lowest BCUT2D eigenvalue weighted by Gasteiger charge is -2.07. The number of carbonyl (C=O) groups excluding carboxylic acids is 1. The highest BCUT2D eigenvalue weighted by Gasteiger charge is 2.27. The lowest BCUT2D eigenvalue weighted by atomic mass is 10.1. The first-order valence-electron chi connectivity index (χ1n) is 6.59. The van der Waals surface area contributed by atoms with Gasteiger partial charge in [-0.05, 0) is 26.0 Å². The highest BCUT2D eigenvalue weighted by molar-refractivity contribution is 6.22. The number of aliphatic hydroxyl groups is 1. The molecule has 5 nitrogen and oxygen atoms in total. The molecule has 21 heavy (non-hydrogen) atoms. The van der Waals surface area contributed by atoms with Gasteiger partial charge < -0.3 is 14.6 Å². The summed E-state index contributed by atoms with van der Waals surface area (Å²) in [7, 11) is 1.27. The van der Waals surface area contributed by atoms with Crippen LogP contribution in [0.25, 0.3) is 6.08 Å². The molecule has 1 N–H and O–H groups in total. The molecule has 1 aromatic rings. The maximum Gasteiger partial charge on any atom is 0.343 e. The summed E-state index contributed by atoms with van der Waals surface area (Å²) in [4.78, 5) is 15.8. The molecule has 0 radical (unpaired) electrons. The normalized spacial score (nSPS) is 16.1. The van der Waals surface area contributed by atoms with Gasteiger partial charge in [-0.2, -0.15) is 0 Å². The number of nitrogens with zero attached hydrogens (tertiary/aromatic N) is 1. The van der Waals surface area contributed by atoms with Crippen molar-refractivity contribution in [3.05, 3.63) is 46.9 Å².